The van der Waals surface area contributed by atoms with E-state index in [0.717, 1.165) is 0 Å². The van der Waals surface area contributed by atoms with E-state index in [2.05, 4.69) is 5.32 Å². The Hall–Kier alpha value is -1.68. The molecule has 0 aromatic heterocycles. The molecule has 2 unspecified atom stereocenters. The Labute approximate surface area is 106 Å². The molecule has 2 saturated heterocycles. The van der Waals surface area contributed by atoms with Crippen LogP contribution < -0.4 is 10.2 Å². The van der Waals surface area contributed by atoms with Crippen LogP contribution in [0.1, 0.15) is 13.8 Å². The van der Waals surface area contributed by atoms with Gasteiger partial charge in [0.05, 0.1) is 17.5 Å². The minimum Gasteiger partial charge on any atom is -0.310 e. The number of carbonyl (C=O) groups excluding carboxylic acids is 2. The van der Waals surface area contributed by atoms with Gasteiger partial charge in [0.1, 0.15) is 0 Å². The quantitative estimate of drug-likeness (QED) is 0.754. The van der Waals surface area contributed by atoms with E-state index in [4.69, 9.17) is 0 Å². The first-order chi connectivity index (χ1) is 8.52. The number of nitrogens with zero attached hydrogens (tertiary/aromatic N) is 1. The van der Waals surface area contributed by atoms with Crippen molar-refractivity contribution in [1.82, 2.24) is 5.32 Å². The minimum absolute atomic E-state index is 0.0747. The molecular weight excluding hydrogens is 228 g/mol. The van der Waals surface area contributed by atoms with Crippen LogP contribution in [-0.2, 0) is 9.59 Å². The van der Waals surface area contributed by atoms with Crippen molar-refractivity contribution >= 4 is 17.5 Å². The number of rotatable bonds is 1. The van der Waals surface area contributed by atoms with E-state index in [1.165, 1.54) is 4.90 Å². The van der Waals surface area contributed by atoms with Crippen LogP contribution in [0.25, 0.3) is 0 Å². The van der Waals surface area contributed by atoms with Crippen molar-refractivity contribution < 1.29 is 9.59 Å². The van der Waals surface area contributed by atoms with Crippen LogP contribution in [0.5, 0.6) is 0 Å². The van der Waals surface area contributed by atoms with Crippen LogP contribution >= 0.6 is 0 Å². The summed E-state index contributed by atoms with van der Waals surface area (Å²) in [6.07, 6.45) is 0. The van der Waals surface area contributed by atoms with E-state index in [1.807, 2.05) is 32.0 Å². The Balaban J connectivity index is 2.01. The van der Waals surface area contributed by atoms with Gasteiger partial charge in [0, 0.05) is 12.1 Å². The van der Waals surface area contributed by atoms with Gasteiger partial charge in [0.2, 0.25) is 11.8 Å². The van der Waals surface area contributed by atoms with Crippen molar-refractivity contribution in [2.24, 2.45) is 11.8 Å². The molecular formula is C14H16N2O2. The molecule has 0 saturated carbocycles. The molecule has 1 N–H and O–H groups in total. The van der Waals surface area contributed by atoms with E-state index >= 15 is 0 Å². The molecule has 1 aromatic carbocycles. The van der Waals surface area contributed by atoms with E-state index < -0.39 is 0 Å². The molecule has 18 heavy (non-hydrogen) atoms. The number of hydrogen-bond donors (Lipinski definition) is 1. The zero-order chi connectivity index (χ0) is 12.9. The molecule has 2 aliphatic rings. The Kier molecular flexibility index (Phi) is 2.32. The van der Waals surface area contributed by atoms with E-state index in [1.54, 1.807) is 12.1 Å². The van der Waals surface area contributed by atoms with Crippen molar-refractivity contribution in [1.29, 1.82) is 0 Å². The van der Waals surface area contributed by atoms with Crippen molar-refractivity contribution in [3.63, 3.8) is 0 Å². The largest absolute Gasteiger partial charge is 0.310 e. The topological polar surface area (TPSA) is 49.4 Å². The molecule has 0 aliphatic carbocycles. The highest BCUT2D eigenvalue weighted by molar-refractivity contribution is 6.22. The van der Waals surface area contributed by atoms with Crippen LogP contribution in [0.4, 0.5) is 5.69 Å². The predicted octanol–water partition coefficient (Wildman–Crippen LogP) is 1.17. The van der Waals surface area contributed by atoms with Crippen LogP contribution in [0.15, 0.2) is 30.3 Å². The Bertz CT molecular complexity index is 510. The van der Waals surface area contributed by atoms with Crippen LogP contribution in [0, 0.1) is 11.8 Å². The maximum Gasteiger partial charge on any atom is 0.239 e. The summed E-state index contributed by atoms with van der Waals surface area (Å²) in [5.74, 6) is -0.613. The number of imide groups is 1. The van der Waals surface area contributed by atoms with E-state index in [-0.39, 0.29) is 29.2 Å². The molecule has 2 amide bonds. The van der Waals surface area contributed by atoms with Crippen molar-refractivity contribution in [2.75, 3.05) is 11.4 Å². The highest BCUT2D eigenvalue weighted by atomic mass is 16.2. The molecule has 4 heteroatoms. The summed E-state index contributed by atoms with van der Waals surface area (Å²) < 4.78 is 0. The number of fused-ring (bicyclic) bond motifs is 1. The lowest BCUT2D eigenvalue weighted by Gasteiger charge is -2.25. The average molecular weight is 244 g/mol. The zero-order valence-electron chi connectivity index (χ0n) is 10.5. The number of hydrogen-bond acceptors (Lipinski definition) is 3. The molecule has 3 rings (SSSR count). The molecule has 2 atom stereocenters. The molecule has 4 nitrogen and oxygen atoms in total. The second-order valence-corrected chi connectivity index (χ2v) is 5.53. The standard InChI is InChI=1S/C14H16N2O2/c1-14(2)11-10(8-15-14)12(17)16(13(11)18)9-6-4-3-5-7-9/h3-7,10-11,15H,8H2,1-2H3. The van der Waals surface area contributed by atoms with Gasteiger partial charge in [0.15, 0.2) is 0 Å². The van der Waals surface area contributed by atoms with Gasteiger partial charge in [-0.2, -0.15) is 0 Å². The Morgan fingerprint density at radius 1 is 1.17 bits per heavy atom. The molecule has 1 aromatic rings. The molecule has 94 valence electrons. The van der Waals surface area contributed by atoms with Gasteiger partial charge in [-0.3, -0.25) is 9.59 Å². The number of para-hydroxylation sites is 1. The summed E-state index contributed by atoms with van der Waals surface area (Å²) in [6, 6.07) is 9.16. The number of anilines is 1. The van der Waals surface area contributed by atoms with Gasteiger partial charge >= 0.3 is 0 Å². The summed E-state index contributed by atoms with van der Waals surface area (Å²) >= 11 is 0. The van der Waals surface area contributed by atoms with Gasteiger partial charge in [-0.05, 0) is 26.0 Å². The monoisotopic (exact) mass is 244 g/mol. The highest BCUT2D eigenvalue weighted by Gasteiger charge is 2.58. The van der Waals surface area contributed by atoms with Gasteiger partial charge in [-0.1, -0.05) is 18.2 Å². The second-order valence-electron chi connectivity index (χ2n) is 5.53. The summed E-state index contributed by atoms with van der Waals surface area (Å²) in [4.78, 5) is 26.2. The van der Waals surface area contributed by atoms with Crippen LogP contribution in [0.2, 0.25) is 0 Å². The first-order valence-electron chi connectivity index (χ1n) is 6.20. The molecule has 2 aliphatic heterocycles. The van der Waals surface area contributed by atoms with Crippen LogP contribution in [0.3, 0.4) is 0 Å². The lowest BCUT2D eigenvalue weighted by atomic mass is 9.84. The van der Waals surface area contributed by atoms with Crippen molar-refractivity contribution in [2.45, 2.75) is 19.4 Å². The fourth-order valence-electron chi connectivity index (χ4n) is 3.06. The third-order valence-corrected chi connectivity index (χ3v) is 4.00. The Morgan fingerprint density at radius 2 is 1.83 bits per heavy atom. The fraction of sp³-hybridized carbons (Fsp3) is 0.429. The number of amides is 2. The third kappa shape index (κ3) is 1.42. The number of nitrogens with one attached hydrogen (secondary N) is 1. The minimum atomic E-state index is -0.305. The summed E-state index contributed by atoms with van der Waals surface area (Å²) in [6.45, 7) is 4.56. The number of benzene rings is 1. The molecule has 0 bridgehead atoms. The highest BCUT2D eigenvalue weighted by Crippen LogP contribution is 2.40. The van der Waals surface area contributed by atoms with Gasteiger partial charge in [-0.15, -0.1) is 0 Å². The average Bonchev–Trinajstić information content (AvgIpc) is 2.78. The maximum atomic E-state index is 12.5. The fourth-order valence-corrected chi connectivity index (χ4v) is 3.06. The van der Waals surface area contributed by atoms with Gasteiger partial charge in [-0.25, -0.2) is 4.90 Å². The SMILES string of the molecule is CC1(C)NCC2C(=O)N(c3ccccc3)C(=O)C21. The lowest BCUT2D eigenvalue weighted by Crippen LogP contribution is -2.44. The first-order valence-corrected chi connectivity index (χ1v) is 6.20. The summed E-state index contributed by atoms with van der Waals surface area (Å²) in [5.41, 5.74) is 0.374. The maximum absolute atomic E-state index is 12.5. The normalized spacial score (nSPS) is 29.8. The van der Waals surface area contributed by atoms with Crippen molar-refractivity contribution in [3.8, 4) is 0 Å². The second kappa shape index (κ2) is 3.65. The summed E-state index contributed by atoms with van der Waals surface area (Å²) in [7, 11) is 0. The molecule has 0 spiro atoms. The molecule has 2 fully saturated rings. The van der Waals surface area contributed by atoms with E-state index in [9.17, 15) is 9.59 Å². The van der Waals surface area contributed by atoms with E-state index in [0.29, 0.717) is 12.2 Å². The number of carbonyl (C=O) groups is 2. The van der Waals surface area contributed by atoms with Crippen LogP contribution in [-0.4, -0.2) is 23.9 Å². The molecule has 2 heterocycles. The molecule has 0 radical (unpaired) electrons. The van der Waals surface area contributed by atoms with Crippen molar-refractivity contribution in [3.05, 3.63) is 30.3 Å². The zero-order valence-corrected chi connectivity index (χ0v) is 10.5. The first kappa shape index (κ1) is 11.4. The summed E-state index contributed by atoms with van der Waals surface area (Å²) in [5, 5.41) is 3.26. The lowest BCUT2D eigenvalue weighted by molar-refractivity contribution is -0.123. The smallest absolute Gasteiger partial charge is 0.239 e. The van der Waals surface area contributed by atoms with Gasteiger partial charge < -0.3 is 5.32 Å². The van der Waals surface area contributed by atoms with Gasteiger partial charge in [0.25, 0.3) is 0 Å². The third-order valence-electron chi connectivity index (χ3n) is 4.00. The Morgan fingerprint density at radius 3 is 2.44 bits per heavy atom. The predicted molar refractivity (Wildman–Crippen MR) is 68.0 cm³/mol.